The molecule has 172 valence electrons. The fourth-order valence-corrected chi connectivity index (χ4v) is 4.59. The van der Waals surface area contributed by atoms with Crippen LogP contribution >= 0.6 is 0 Å². The first-order valence-electron chi connectivity index (χ1n) is 11.5. The second-order valence-electron chi connectivity index (χ2n) is 8.92. The van der Waals surface area contributed by atoms with Crippen molar-refractivity contribution in [1.82, 2.24) is 19.9 Å². The molecular formula is C24H32N4O4. The van der Waals surface area contributed by atoms with Gasteiger partial charge in [-0.2, -0.15) is 0 Å². The SMILES string of the molecule is Cc1cc(CN2CC3(CCN(C(=O)CCCCc4cccnc4)CC3)OCCC2=O)on1. The van der Waals surface area contributed by atoms with E-state index in [9.17, 15) is 9.59 Å². The highest BCUT2D eigenvalue weighted by Crippen LogP contribution is 2.31. The van der Waals surface area contributed by atoms with Crippen LogP contribution in [-0.4, -0.2) is 63.6 Å². The van der Waals surface area contributed by atoms with Crippen molar-refractivity contribution in [2.45, 2.75) is 64.0 Å². The van der Waals surface area contributed by atoms with E-state index in [-0.39, 0.29) is 11.8 Å². The van der Waals surface area contributed by atoms with Crippen LogP contribution in [0, 0.1) is 6.92 Å². The van der Waals surface area contributed by atoms with E-state index < -0.39 is 5.60 Å². The first kappa shape index (κ1) is 22.5. The van der Waals surface area contributed by atoms with Gasteiger partial charge in [0.2, 0.25) is 11.8 Å². The van der Waals surface area contributed by atoms with Gasteiger partial charge < -0.3 is 19.1 Å². The number of likely N-dealkylation sites (tertiary alicyclic amines) is 1. The Labute approximate surface area is 188 Å². The van der Waals surface area contributed by atoms with Gasteiger partial charge in [0.15, 0.2) is 5.76 Å². The number of nitrogens with zero attached hydrogens (tertiary/aromatic N) is 4. The Morgan fingerprint density at radius 2 is 2.09 bits per heavy atom. The lowest BCUT2D eigenvalue weighted by Crippen LogP contribution is -2.53. The Morgan fingerprint density at radius 1 is 1.25 bits per heavy atom. The highest BCUT2D eigenvalue weighted by Gasteiger charge is 2.41. The second kappa shape index (κ2) is 10.3. The summed E-state index contributed by atoms with van der Waals surface area (Å²) in [7, 11) is 0. The van der Waals surface area contributed by atoms with Gasteiger partial charge >= 0.3 is 0 Å². The van der Waals surface area contributed by atoms with Gasteiger partial charge in [-0.25, -0.2) is 0 Å². The van der Waals surface area contributed by atoms with Crippen molar-refractivity contribution < 1.29 is 18.8 Å². The van der Waals surface area contributed by atoms with Crippen molar-refractivity contribution in [3.05, 3.63) is 47.6 Å². The summed E-state index contributed by atoms with van der Waals surface area (Å²) in [6.07, 6.45) is 8.90. The smallest absolute Gasteiger partial charge is 0.225 e. The van der Waals surface area contributed by atoms with Crippen LogP contribution in [0.25, 0.3) is 0 Å². The predicted octanol–water partition coefficient (Wildman–Crippen LogP) is 2.90. The maximum atomic E-state index is 12.7. The fourth-order valence-electron chi connectivity index (χ4n) is 4.59. The largest absolute Gasteiger partial charge is 0.372 e. The number of ether oxygens (including phenoxy) is 1. The molecule has 4 heterocycles. The quantitative estimate of drug-likeness (QED) is 0.615. The number of unbranched alkanes of at least 4 members (excludes halogenated alkanes) is 1. The maximum absolute atomic E-state index is 12.7. The number of piperidine rings is 1. The van der Waals surface area contributed by atoms with Gasteiger partial charge in [-0.1, -0.05) is 11.2 Å². The molecule has 2 aliphatic rings. The third kappa shape index (κ3) is 5.73. The first-order valence-corrected chi connectivity index (χ1v) is 11.5. The minimum Gasteiger partial charge on any atom is -0.372 e. The molecule has 0 radical (unpaired) electrons. The summed E-state index contributed by atoms with van der Waals surface area (Å²) in [5.41, 5.74) is 1.63. The van der Waals surface area contributed by atoms with Crippen LogP contribution in [0.5, 0.6) is 0 Å². The summed E-state index contributed by atoms with van der Waals surface area (Å²) in [4.78, 5) is 33.2. The summed E-state index contributed by atoms with van der Waals surface area (Å²) < 4.78 is 11.5. The van der Waals surface area contributed by atoms with E-state index in [4.69, 9.17) is 9.26 Å². The van der Waals surface area contributed by atoms with E-state index in [1.165, 1.54) is 5.56 Å². The molecule has 32 heavy (non-hydrogen) atoms. The van der Waals surface area contributed by atoms with E-state index in [0.717, 1.165) is 37.8 Å². The van der Waals surface area contributed by atoms with Crippen LogP contribution in [0.3, 0.4) is 0 Å². The number of hydrogen-bond acceptors (Lipinski definition) is 6. The average Bonchev–Trinajstić information content (AvgIpc) is 3.15. The Balaban J connectivity index is 1.25. The van der Waals surface area contributed by atoms with E-state index in [1.54, 1.807) is 6.20 Å². The van der Waals surface area contributed by atoms with Gasteiger partial charge in [0.05, 0.1) is 37.4 Å². The third-order valence-electron chi connectivity index (χ3n) is 6.44. The molecule has 4 rings (SSSR count). The van der Waals surface area contributed by atoms with Crippen LogP contribution in [-0.2, 0) is 27.3 Å². The van der Waals surface area contributed by atoms with E-state index >= 15 is 0 Å². The Bertz CT molecular complexity index is 906. The number of carbonyl (C=O) groups excluding carboxylic acids is 2. The van der Waals surface area contributed by atoms with Crippen molar-refractivity contribution in [2.24, 2.45) is 0 Å². The number of aromatic nitrogens is 2. The molecule has 0 aliphatic carbocycles. The monoisotopic (exact) mass is 440 g/mol. The van der Waals surface area contributed by atoms with E-state index in [2.05, 4.69) is 16.2 Å². The summed E-state index contributed by atoms with van der Waals surface area (Å²) in [5.74, 6) is 0.972. The molecule has 0 N–H and O–H groups in total. The number of amides is 2. The van der Waals surface area contributed by atoms with Gasteiger partial charge in [0.25, 0.3) is 0 Å². The Morgan fingerprint density at radius 3 is 2.81 bits per heavy atom. The zero-order valence-corrected chi connectivity index (χ0v) is 18.8. The zero-order chi connectivity index (χ0) is 22.4. The van der Waals surface area contributed by atoms with Crippen molar-refractivity contribution in [2.75, 3.05) is 26.2 Å². The second-order valence-corrected chi connectivity index (χ2v) is 8.92. The lowest BCUT2D eigenvalue weighted by molar-refractivity contribution is -0.140. The number of carbonyl (C=O) groups is 2. The lowest BCUT2D eigenvalue weighted by atomic mass is 9.90. The van der Waals surface area contributed by atoms with Gasteiger partial charge in [0.1, 0.15) is 0 Å². The topological polar surface area (TPSA) is 88.8 Å². The summed E-state index contributed by atoms with van der Waals surface area (Å²) in [6.45, 7) is 4.57. The van der Waals surface area contributed by atoms with Crippen LogP contribution in [0.15, 0.2) is 35.1 Å². The molecule has 0 bridgehead atoms. The van der Waals surface area contributed by atoms with Gasteiger partial charge in [0, 0.05) is 38.0 Å². The zero-order valence-electron chi connectivity index (χ0n) is 18.8. The molecule has 0 saturated carbocycles. The molecule has 0 aromatic carbocycles. The number of hydrogen-bond donors (Lipinski definition) is 0. The minimum atomic E-state index is -0.391. The molecule has 2 saturated heterocycles. The standard InChI is InChI=1S/C24H32N4O4/c1-19-15-21(32-26-19)17-28-18-24(31-14-8-23(28)30)9-12-27(13-10-24)22(29)7-3-2-5-20-6-4-11-25-16-20/h4,6,11,15-16H,2-3,5,7-10,12-14,17-18H2,1H3. The van der Waals surface area contributed by atoms with Crippen LogP contribution < -0.4 is 0 Å². The molecule has 2 aliphatic heterocycles. The molecule has 8 heteroatoms. The molecule has 8 nitrogen and oxygen atoms in total. The average molecular weight is 441 g/mol. The molecule has 2 fully saturated rings. The summed E-state index contributed by atoms with van der Waals surface area (Å²) in [5, 5.41) is 3.92. The summed E-state index contributed by atoms with van der Waals surface area (Å²) >= 11 is 0. The fraction of sp³-hybridized carbons (Fsp3) is 0.583. The van der Waals surface area contributed by atoms with Crippen molar-refractivity contribution >= 4 is 11.8 Å². The molecule has 1 spiro atoms. The normalized spacial score (nSPS) is 18.7. The molecular weight excluding hydrogens is 408 g/mol. The molecule has 2 aromatic heterocycles. The Kier molecular flexibility index (Phi) is 7.19. The van der Waals surface area contributed by atoms with Gasteiger partial charge in [-0.05, 0) is 50.7 Å². The van der Waals surface area contributed by atoms with E-state index in [0.29, 0.717) is 51.4 Å². The predicted molar refractivity (Wildman–Crippen MR) is 118 cm³/mol. The van der Waals surface area contributed by atoms with Gasteiger partial charge in [-0.15, -0.1) is 0 Å². The number of pyridine rings is 1. The molecule has 0 atom stereocenters. The lowest BCUT2D eigenvalue weighted by Gasteiger charge is -2.42. The van der Waals surface area contributed by atoms with E-state index in [1.807, 2.05) is 35.1 Å². The van der Waals surface area contributed by atoms with Crippen LogP contribution in [0.4, 0.5) is 0 Å². The van der Waals surface area contributed by atoms with Crippen molar-refractivity contribution in [1.29, 1.82) is 0 Å². The third-order valence-corrected chi connectivity index (χ3v) is 6.44. The number of rotatable bonds is 7. The van der Waals surface area contributed by atoms with Crippen molar-refractivity contribution in [3.8, 4) is 0 Å². The molecule has 2 amide bonds. The first-order chi connectivity index (χ1) is 15.5. The van der Waals surface area contributed by atoms with Crippen LogP contribution in [0.2, 0.25) is 0 Å². The maximum Gasteiger partial charge on any atom is 0.225 e. The molecule has 0 unspecified atom stereocenters. The van der Waals surface area contributed by atoms with Crippen molar-refractivity contribution in [3.63, 3.8) is 0 Å². The summed E-state index contributed by atoms with van der Waals surface area (Å²) in [6, 6.07) is 5.88. The number of aryl methyl sites for hydroxylation is 2. The van der Waals surface area contributed by atoms with Gasteiger partial charge in [-0.3, -0.25) is 14.6 Å². The highest BCUT2D eigenvalue weighted by atomic mass is 16.5. The highest BCUT2D eigenvalue weighted by molar-refractivity contribution is 5.77. The van der Waals surface area contributed by atoms with Crippen LogP contribution in [0.1, 0.15) is 55.5 Å². The Hall–Kier alpha value is -2.74. The minimum absolute atomic E-state index is 0.0723. The molecule has 2 aromatic rings.